The normalized spacial score (nSPS) is 22.6. The summed E-state index contributed by atoms with van der Waals surface area (Å²) in [6, 6.07) is 8.61. The van der Waals surface area contributed by atoms with Crippen molar-refractivity contribution >= 4 is 44.2 Å². The number of nitrogens with zero attached hydrogens (tertiary/aromatic N) is 3. The number of carbonyl (C=O) groups excluding carboxylic acids is 1. The first kappa shape index (κ1) is 23.0. The van der Waals surface area contributed by atoms with E-state index in [1.807, 2.05) is 24.3 Å². The summed E-state index contributed by atoms with van der Waals surface area (Å²) in [4.78, 5) is 23.2. The molecule has 1 aliphatic carbocycles. The van der Waals surface area contributed by atoms with Gasteiger partial charge in [-0.15, -0.1) is 0 Å². The summed E-state index contributed by atoms with van der Waals surface area (Å²) in [6.07, 6.45) is 5.89. The Balaban J connectivity index is 0.00000306. The van der Waals surface area contributed by atoms with E-state index in [0.29, 0.717) is 16.9 Å². The van der Waals surface area contributed by atoms with Crippen molar-refractivity contribution in [3.05, 3.63) is 42.6 Å². The Morgan fingerprint density at radius 3 is 2.56 bits per heavy atom. The highest BCUT2D eigenvalue weighted by Crippen LogP contribution is 2.31. The maximum atomic E-state index is 12.9. The molecule has 0 atom stereocenters. The van der Waals surface area contributed by atoms with Crippen LogP contribution in [0.1, 0.15) is 39.6 Å². The van der Waals surface area contributed by atoms with E-state index in [2.05, 4.69) is 33.7 Å². The molecule has 2 aliphatic rings. The number of fused-ring (bicyclic) bond motifs is 1. The lowest BCUT2D eigenvalue weighted by atomic mass is 9.84. The highest BCUT2D eigenvalue weighted by atomic mass is 32.2. The standard InChI is InChI=1S/C25H33N5OS.H2/c1-17(32-18(2)26)20-4-5-21-16-27-24(15-22(21)14-20)28-25(31)19-6-8-23(9-7-19)30-12-10-29(3)11-13-30;/h4-5,14-16,19,23,26H,1,6-13H2,2-3H3,(H,27,28,31);1H. The fourth-order valence-electron chi connectivity index (χ4n) is 4.75. The Bertz CT molecular complexity index is 1010. The molecule has 6 nitrogen and oxygen atoms in total. The Labute approximate surface area is 196 Å². The van der Waals surface area contributed by atoms with Gasteiger partial charge in [0.25, 0.3) is 0 Å². The molecule has 0 unspecified atom stereocenters. The molecule has 2 N–H and O–H groups in total. The maximum absolute atomic E-state index is 12.9. The van der Waals surface area contributed by atoms with Gasteiger partial charge in [-0.05, 0) is 62.7 Å². The molecule has 172 valence electrons. The second kappa shape index (κ2) is 10.1. The highest BCUT2D eigenvalue weighted by Gasteiger charge is 2.30. The average molecular weight is 454 g/mol. The fraction of sp³-hybridized carbons (Fsp3) is 0.480. The number of thioether (sulfide) groups is 1. The van der Waals surface area contributed by atoms with Crippen LogP contribution in [0.3, 0.4) is 0 Å². The van der Waals surface area contributed by atoms with Crippen LogP contribution >= 0.6 is 11.8 Å². The lowest BCUT2D eigenvalue weighted by Gasteiger charge is -2.40. The number of hydrogen-bond acceptors (Lipinski definition) is 6. The number of rotatable bonds is 5. The minimum absolute atomic E-state index is 0. The molecule has 7 heteroatoms. The Hall–Kier alpha value is -2.22. The molecule has 1 saturated carbocycles. The quantitative estimate of drug-likeness (QED) is 0.496. The molecule has 2 aromatic rings. The van der Waals surface area contributed by atoms with Crippen LogP contribution in [-0.4, -0.2) is 65.0 Å². The van der Waals surface area contributed by atoms with Crippen molar-refractivity contribution in [1.82, 2.24) is 14.8 Å². The van der Waals surface area contributed by atoms with Crippen molar-refractivity contribution in [2.45, 2.75) is 38.6 Å². The third-order valence-corrected chi connectivity index (χ3v) is 7.48. The molecule has 2 fully saturated rings. The van der Waals surface area contributed by atoms with Crippen molar-refractivity contribution in [2.24, 2.45) is 5.92 Å². The van der Waals surface area contributed by atoms with E-state index >= 15 is 0 Å². The van der Waals surface area contributed by atoms with Gasteiger partial charge >= 0.3 is 0 Å². The molecule has 1 amide bonds. The van der Waals surface area contributed by atoms with Gasteiger partial charge in [-0.25, -0.2) is 4.98 Å². The van der Waals surface area contributed by atoms with E-state index in [4.69, 9.17) is 5.41 Å². The molecular weight excluding hydrogens is 418 g/mol. The molecule has 1 saturated heterocycles. The molecule has 1 aliphatic heterocycles. The summed E-state index contributed by atoms with van der Waals surface area (Å²) in [7, 11) is 2.19. The van der Waals surface area contributed by atoms with Crippen LogP contribution in [-0.2, 0) is 4.79 Å². The van der Waals surface area contributed by atoms with Crippen molar-refractivity contribution < 1.29 is 6.22 Å². The topological polar surface area (TPSA) is 72.3 Å². The van der Waals surface area contributed by atoms with Gasteiger partial charge in [0.1, 0.15) is 5.82 Å². The monoisotopic (exact) mass is 453 g/mol. The molecule has 0 bridgehead atoms. The summed E-state index contributed by atoms with van der Waals surface area (Å²) in [6.45, 7) is 10.4. The molecule has 0 spiro atoms. The van der Waals surface area contributed by atoms with Crippen molar-refractivity contribution in [1.29, 1.82) is 5.41 Å². The van der Waals surface area contributed by atoms with Gasteiger partial charge in [-0.1, -0.05) is 30.5 Å². The van der Waals surface area contributed by atoms with Crippen LogP contribution in [0.25, 0.3) is 15.7 Å². The second-order valence-electron chi connectivity index (χ2n) is 9.05. The fourth-order valence-corrected chi connectivity index (χ4v) is 5.36. The predicted octanol–water partition coefficient (Wildman–Crippen LogP) is 4.93. The zero-order valence-electron chi connectivity index (χ0n) is 19.1. The minimum Gasteiger partial charge on any atom is -0.310 e. The number of amides is 1. The van der Waals surface area contributed by atoms with Gasteiger partial charge in [0.15, 0.2) is 0 Å². The molecule has 4 rings (SSSR count). The first-order chi connectivity index (χ1) is 15.4. The zero-order chi connectivity index (χ0) is 22.7. The van der Waals surface area contributed by atoms with E-state index in [1.54, 1.807) is 13.1 Å². The SMILES string of the molecule is C=C(SC(C)=N)c1ccc2cnc(NC(=O)C3CCC(N4CCN(C)CC4)CC3)cc2c1.[HH]. The number of hydrogen-bond donors (Lipinski definition) is 2. The van der Waals surface area contributed by atoms with E-state index in [-0.39, 0.29) is 13.3 Å². The van der Waals surface area contributed by atoms with Crippen LogP contribution in [0.15, 0.2) is 37.0 Å². The smallest absolute Gasteiger partial charge is 0.228 e. The van der Waals surface area contributed by atoms with E-state index in [0.717, 1.165) is 73.1 Å². The molecule has 0 radical (unpaired) electrons. The van der Waals surface area contributed by atoms with Crippen LogP contribution in [0.4, 0.5) is 5.82 Å². The predicted molar refractivity (Wildman–Crippen MR) is 137 cm³/mol. The first-order valence-electron chi connectivity index (χ1n) is 11.4. The summed E-state index contributed by atoms with van der Waals surface area (Å²) in [5, 5.41) is 13.3. The van der Waals surface area contributed by atoms with Gasteiger partial charge in [0, 0.05) is 56.1 Å². The average Bonchev–Trinajstić information content (AvgIpc) is 2.79. The number of likely N-dealkylation sites (N-methyl/N-ethyl adjacent to an activating group) is 1. The molecule has 1 aromatic heterocycles. The number of carbonyl (C=O) groups is 1. The first-order valence-corrected chi connectivity index (χ1v) is 12.3. The van der Waals surface area contributed by atoms with Gasteiger partial charge in [-0.2, -0.15) is 0 Å². The van der Waals surface area contributed by atoms with Gasteiger partial charge < -0.3 is 10.2 Å². The third-order valence-electron chi connectivity index (χ3n) is 6.69. The van der Waals surface area contributed by atoms with Crippen molar-refractivity contribution in [2.75, 3.05) is 38.5 Å². The van der Waals surface area contributed by atoms with Gasteiger partial charge in [0.2, 0.25) is 5.91 Å². The van der Waals surface area contributed by atoms with Gasteiger partial charge in [-0.3, -0.25) is 15.1 Å². The van der Waals surface area contributed by atoms with E-state index in [9.17, 15) is 4.79 Å². The Kier molecular flexibility index (Phi) is 7.28. The van der Waals surface area contributed by atoms with E-state index in [1.165, 1.54) is 11.8 Å². The lowest BCUT2D eigenvalue weighted by Crippen LogP contribution is -2.50. The summed E-state index contributed by atoms with van der Waals surface area (Å²) >= 11 is 1.36. The molecule has 1 aromatic carbocycles. The van der Waals surface area contributed by atoms with E-state index < -0.39 is 0 Å². The largest absolute Gasteiger partial charge is 0.310 e. The van der Waals surface area contributed by atoms with Gasteiger partial charge in [0.05, 0.1) is 5.04 Å². The summed E-state index contributed by atoms with van der Waals surface area (Å²) in [5.41, 5.74) is 0.986. The van der Waals surface area contributed by atoms with Crippen LogP contribution in [0, 0.1) is 11.3 Å². The number of pyridine rings is 1. The van der Waals surface area contributed by atoms with Crippen molar-refractivity contribution in [3.8, 4) is 0 Å². The highest BCUT2D eigenvalue weighted by molar-refractivity contribution is 8.21. The Morgan fingerprint density at radius 2 is 1.88 bits per heavy atom. The molecule has 32 heavy (non-hydrogen) atoms. The second-order valence-corrected chi connectivity index (χ2v) is 10.4. The number of anilines is 1. The van der Waals surface area contributed by atoms with Crippen LogP contribution in [0.2, 0.25) is 0 Å². The number of nitrogens with one attached hydrogen (secondary N) is 2. The molecule has 2 heterocycles. The number of aromatic nitrogens is 1. The maximum Gasteiger partial charge on any atom is 0.228 e. The van der Waals surface area contributed by atoms with Crippen LogP contribution < -0.4 is 5.32 Å². The number of piperazine rings is 1. The molecular formula is C25H35N5OS. The number of benzene rings is 1. The summed E-state index contributed by atoms with van der Waals surface area (Å²) < 4.78 is 0. The zero-order valence-corrected chi connectivity index (χ0v) is 19.9. The summed E-state index contributed by atoms with van der Waals surface area (Å²) in [5.74, 6) is 0.751. The van der Waals surface area contributed by atoms with Crippen LogP contribution in [0.5, 0.6) is 0 Å². The minimum atomic E-state index is 0. The lowest BCUT2D eigenvalue weighted by molar-refractivity contribution is -0.121. The third kappa shape index (κ3) is 5.57. The van der Waals surface area contributed by atoms with Crippen molar-refractivity contribution in [3.63, 3.8) is 0 Å². The Morgan fingerprint density at radius 1 is 1.16 bits per heavy atom.